The van der Waals surface area contributed by atoms with Crippen molar-refractivity contribution >= 4 is 17.3 Å². The number of aryl methyl sites for hydroxylation is 1. The SMILES string of the molecule is CCc1ccc(CNC(=NC)NCC2CCN(CC)C2)s1. The lowest BCUT2D eigenvalue weighted by molar-refractivity contribution is 0.342. The van der Waals surface area contributed by atoms with E-state index in [0.29, 0.717) is 0 Å². The van der Waals surface area contributed by atoms with Crippen LogP contribution >= 0.6 is 11.3 Å². The van der Waals surface area contributed by atoms with Gasteiger partial charge in [0.15, 0.2) is 5.96 Å². The van der Waals surface area contributed by atoms with E-state index in [9.17, 15) is 0 Å². The van der Waals surface area contributed by atoms with Crippen LogP contribution in [0.15, 0.2) is 17.1 Å². The molecule has 0 spiro atoms. The Morgan fingerprint density at radius 1 is 1.33 bits per heavy atom. The maximum Gasteiger partial charge on any atom is 0.191 e. The highest BCUT2D eigenvalue weighted by Crippen LogP contribution is 2.16. The summed E-state index contributed by atoms with van der Waals surface area (Å²) in [5, 5.41) is 6.87. The molecule has 0 saturated carbocycles. The van der Waals surface area contributed by atoms with E-state index >= 15 is 0 Å². The number of likely N-dealkylation sites (tertiary alicyclic amines) is 1. The van der Waals surface area contributed by atoms with E-state index in [4.69, 9.17) is 0 Å². The number of rotatable bonds is 6. The predicted octanol–water partition coefficient (Wildman–Crippen LogP) is 2.32. The van der Waals surface area contributed by atoms with Crippen molar-refractivity contribution in [3.05, 3.63) is 21.9 Å². The number of nitrogens with one attached hydrogen (secondary N) is 2. The Hall–Kier alpha value is -1.07. The fraction of sp³-hybridized carbons (Fsp3) is 0.688. The highest BCUT2D eigenvalue weighted by atomic mass is 32.1. The van der Waals surface area contributed by atoms with Gasteiger partial charge in [0, 0.05) is 29.9 Å². The average Bonchev–Trinajstić information content (AvgIpc) is 3.16. The lowest BCUT2D eigenvalue weighted by Crippen LogP contribution is -2.39. The molecule has 1 aromatic rings. The van der Waals surface area contributed by atoms with Crippen LogP contribution in [0.25, 0.3) is 0 Å². The van der Waals surface area contributed by atoms with Crippen LogP contribution in [0.3, 0.4) is 0 Å². The molecule has 0 aromatic carbocycles. The Bertz CT molecular complexity index is 455. The van der Waals surface area contributed by atoms with Crippen LogP contribution in [-0.2, 0) is 13.0 Å². The van der Waals surface area contributed by atoms with E-state index < -0.39 is 0 Å². The zero-order chi connectivity index (χ0) is 15.1. The van der Waals surface area contributed by atoms with Crippen LogP contribution in [0.4, 0.5) is 0 Å². The highest BCUT2D eigenvalue weighted by molar-refractivity contribution is 7.11. The molecule has 4 nitrogen and oxygen atoms in total. The zero-order valence-electron chi connectivity index (χ0n) is 13.5. The highest BCUT2D eigenvalue weighted by Gasteiger charge is 2.20. The van der Waals surface area contributed by atoms with Crippen molar-refractivity contribution in [1.82, 2.24) is 15.5 Å². The van der Waals surface area contributed by atoms with Crippen molar-refractivity contribution in [2.75, 3.05) is 33.2 Å². The van der Waals surface area contributed by atoms with Crippen LogP contribution in [0.5, 0.6) is 0 Å². The van der Waals surface area contributed by atoms with E-state index in [-0.39, 0.29) is 0 Å². The second-order valence-electron chi connectivity index (χ2n) is 5.58. The Labute approximate surface area is 132 Å². The van der Waals surface area contributed by atoms with E-state index in [0.717, 1.165) is 31.4 Å². The van der Waals surface area contributed by atoms with Crippen molar-refractivity contribution in [2.24, 2.45) is 10.9 Å². The smallest absolute Gasteiger partial charge is 0.191 e. The van der Waals surface area contributed by atoms with Crippen molar-refractivity contribution in [2.45, 2.75) is 33.2 Å². The number of aliphatic imine (C=N–C) groups is 1. The van der Waals surface area contributed by atoms with Gasteiger partial charge in [0.2, 0.25) is 0 Å². The second-order valence-corrected chi connectivity index (χ2v) is 6.83. The molecule has 0 amide bonds. The van der Waals surface area contributed by atoms with E-state index in [1.54, 1.807) is 0 Å². The van der Waals surface area contributed by atoms with Gasteiger partial charge in [-0.1, -0.05) is 13.8 Å². The summed E-state index contributed by atoms with van der Waals surface area (Å²) in [7, 11) is 1.84. The minimum absolute atomic E-state index is 0.747. The summed E-state index contributed by atoms with van der Waals surface area (Å²) in [6, 6.07) is 4.43. The van der Waals surface area contributed by atoms with Gasteiger partial charge in [0.05, 0.1) is 6.54 Å². The number of nitrogens with zero attached hydrogens (tertiary/aromatic N) is 2. The van der Waals surface area contributed by atoms with Crippen molar-refractivity contribution < 1.29 is 0 Å². The van der Waals surface area contributed by atoms with Gasteiger partial charge >= 0.3 is 0 Å². The summed E-state index contributed by atoms with van der Waals surface area (Å²) in [6.45, 7) is 9.93. The summed E-state index contributed by atoms with van der Waals surface area (Å²) in [5.41, 5.74) is 0. The van der Waals surface area contributed by atoms with Crippen LogP contribution < -0.4 is 10.6 Å². The predicted molar refractivity (Wildman–Crippen MR) is 92.1 cm³/mol. The molecule has 1 atom stereocenters. The van der Waals surface area contributed by atoms with Gasteiger partial charge in [-0.05, 0) is 44.0 Å². The molecule has 1 unspecified atom stereocenters. The van der Waals surface area contributed by atoms with E-state index in [1.807, 2.05) is 18.4 Å². The molecule has 118 valence electrons. The Kier molecular flexibility index (Phi) is 6.51. The zero-order valence-corrected chi connectivity index (χ0v) is 14.3. The normalized spacial score (nSPS) is 20.0. The van der Waals surface area contributed by atoms with Gasteiger partial charge in [-0.15, -0.1) is 11.3 Å². The summed E-state index contributed by atoms with van der Waals surface area (Å²) in [4.78, 5) is 9.64. The molecule has 1 aromatic heterocycles. The third-order valence-corrected chi connectivity index (χ3v) is 5.32. The molecular weight excluding hydrogens is 280 g/mol. The van der Waals surface area contributed by atoms with Gasteiger partial charge in [0.25, 0.3) is 0 Å². The van der Waals surface area contributed by atoms with Gasteiger partial charge in [-0.25, -0.2) is 0 Å². The maximum absolute atomic E-state index is 4.32. The Balaban J connectivity index is 1.71. The van der Waals surface area contributed by atoms with Crippen molar-refractivity contribution in [1.29, 1.82) is 0 Å². The molecule has 2 rings (SSSR count). The number of guanidine groups is 1. The van der Waals surface area contributed by atoms with Crippen molar-refractivity contribution in [3.8, 4) is 0 Å². The molecule has 0 radical (unpaired) electrons. The fourth-order valence-electron chi connectivity index (χ4n) is 2.71. The Morgan fingerprint density at radius 2 is 2.14 bits per heavy atom. The topological polar surface area (TPSA) is 39.7 Å². The largest absolute Gasteiger partial charge is 0.356 e. The van der Waals surface area contributed by atoms with Crippen molar-refractivity contribution in [3.63, 3.8) is 0 Å². The molecular formula is C16H28N4S. The summed E-state index contributed by atoms with van der Waals surface area (Å²) in [5.74, 6) is 1.66. The number of hydrogen-bond acceptors (Lipinski definition) is 3. The molecule has 5 heteroatoms. The van der Waals surface area contributed by atoms with E-state index in [2.05, 4.69) is 46.5 Å². The third-order valence-electron chi connectivity index (χ3n) is 4.09. The first-order chi connectivity index (χ1) is 10.2. The average molecular weight is 308 g/mol. The third kappa shape index (κ3) is 5.00. The number of thiophene rings is 1. The second kappa shape index (κ2) is 8.39. The lowest BCUT2D eigenvalue weighted by atomic mass is 10.1. The standard InChI is InChI=1S/C16H28N4S/c1-4-14-6-7-15(21-14)11-19-16(17-3)18-10-13-8-9-20(5-2)12-13/h6-7,13H,4-5,8-12H2,1-3H3,(H2,17,18,19). The van der Waals surface area contributed by atoms with Gasteiger partial charge in [0.1, 0.15) is 0 Å². The molecule has 21 heavy (non-hydrogen) atoms. The number of hydrogen-bond donors (Lipinski definition) is 2. The molecule has 1 aliphatic rings. The van der Waals surface area contributed by atoms with Gasteiger partial charge in [-0.3, -0.25) is 4.99 Å². The Morgan fingerprint density at radius 3 is 2.76 bits per heavy atom. The van der Waals surface area contributed by atoms with Crippen LogP contribution in [-0.4, -0.2) is 44.1 Å². The fourth-order valence-corrected chi connectivity index (χ4v) is 3.60. The molecule has 1 aliphatic heterocycles. The molecule has 1 saturated heterocycles. The quantitative estimate of drug-likeness (QED) is 0.626. The minimum Gasteiger partial charge on any atom is -0.356 e. The molecule has 1 fully saturated rings. The van der Waals surface area contributed by atoms with Gasteiger partial charge < -0.3 is 15.5 Å². The van der Waals surface area contributed by atoms with Gasteiger partial charge in [-0.2, -0.15) is 0 Å². The molecule has 0 aliphatic carbocycles. The monoisotopic (exact) mass is 308 g/mol. The van der Waals surface area contributed by atoms with Crippen LogP contribution in [0.2, 0.25) is 0 Å². The first kappa shape index (κ1) is 16.3. The van der Waals surface area contributed by atoms with Crippen LogP contribution in [0, 0.1) is 5.92 Å². The lowest BCUT2D eigenvalue weighted by Gasteiger charge is -2.16. The first-order valence-corrected chi connectivity index (χ1v) is 8.81. The molecule has 2 heterocycles. The van der Waals surface area contributed by atoms with Crippen LogP contribution in [0.1, 0.15) is 30.0 Å². The maximum atomic E-state index is 4.32. The summed E-state index contributed by atoms with van der Waals surface area (Å²) < 4.78 is 0. The first-order valence-electron chi connectivity index (χ1n) is 7.99. The molecule has 0 bridgehead atoms. The minimum atomic E-state index is 0.747. The molecule has 2 N–H and O–H groups in total. The summed E-state index contributed by atoms with van der Waals surface area (Å²) in [6.07, 6.45) is 2.41. The van der Waals surface area contributed by atoms with E-state index in [1.165, 1.54) is 35.8 Å². The summed E-state index contributed by atoms with van der Waals surface area (Å²) >= 11 is 1.88.